The third kappa shape index (κ3) is 6.15. The number of sulfone groups is 1. The smallest absolute Gasteiger partial charge is 0.248 e. The van der Waals surface area contributed by atoms with E-state index in [-0.39, 0.29) is 5.91 Å². The molecule has 3 aliphatic rings. The van der Waals surface area contributed by atoms with Crippen LogP contribution in [0.25, 0.3) is 0 Å². The Hall–Kier alpha value is -1.93. The van der Waals surface area contributed by atoms with E-state index in [0.717, 1.165) is 51.3 Å². The first-order valence-corrected chi connectivity index (χ1v) is 14.4. The Kier molecular flexibility index (Phi) is 7.43. The standard InChI is InChI=1S/C25H37N3O4S/c1-33(31,32)17-24(29)27(16-18-5-2-3-6-18)11-12-28-22-9-10-23(28)15-21(14-22)19-7-4-8-20(13-19)25(26)30/h4,7-8,13,18,21-23H,2-3,5-6,9-12,14-17H2,1H3,(H2,26,30). The fourth-order valence-electron chi connectivity index (χ4n) is 6.23. The molecule has 2 aliphatic heterocycles. The van der Waals surface area contributed by atoms with Crippen LogP contribution in [0.3, 0.4) is 0 Å². The number of amides is 2. The summed E-state index contributed by atoms with van der Waals surface area (Å²) in [5.74, 6) is -0.133. The fraction of sp³-hybridized carbons (Fsp3) is 0.680. The summed E-state index contributed by atoms with van der Waals surface area (Å²) in [7, 11) is -3.34. The Morgan fingerprint density at radius 2 is 1.76 bits per heavy atom. The van der Waals surface area contributed by atoms with Crippen molar-refractivity contribution >= 4 is 21.7 Å². The van der Waals surface area contributed by atoms with E-state index in [2.05, 4.69) is 11.0 Å². The molecule has 7 nitrogen and oxygen atoms in total. The van der Waals surface area contributed by atoms with Gasteiger partial charge in [-0.15, -0.1) is 0 Å². The maximum absolute atomic E-state index is 12.8. The second-order valence-electron chi connectivity index (χ2n) is 10.3. The predicted molar refractivity (Wildman–Crippen MR) is 129 cm³/mol. The van der Waals surface area contributed by atoms with E-state index in [4.69, 9.17) is 5.73 Å². The number of fused-ring (bicyclic) bond motifs is 2. The predicted octanol–water partition coefficient (Wildman–Crippen LogP) is 2.56. The minimum absolute atomic E-state index is 0.255. The molecule has 2 saturated heterocycles. The molecule has 2 unspecified atom stereocenters. The minimum Gasteiger partial charge on any atom is -0.366 e. The summed E-state index contributed by atoms with van der Waals surface area (Å²) in [4.78, 5) is 28.8. The molecule has 1 aromatic rings. The number of carbonyl (C=O) groups is 2. The lowest BCUT2D eigenvalue weighted by Gasteiger charge is -2.40. The number of rotatable bonds is 9. The van der Waals surface area contributed by atoms with Crippen LogP contribution in [0.15, 0.2) is 24.3 Å². The third-order valence-corrected chi connectivity index (χ3v) is 8.62. The SMILES string of the molecule is CS(=O)(=O)CC(=O)N(CCN1C2CCC1CC(c1cccc(C(N)=O)c1)C2)CC1CCCC1. The lowest BCUT2D eigenvalue weighted by molar-refractivity contribution is -0.129. The lowest BCUT2D eigenvalue weighted by Crippen LogP contribution is -2.48. The molecule has 1 saturated carbocycles. The summed E-state index contributed by atoms with van der Waals surface area (Å²) in [6.07, 6.45) is 10.2. The van der Waals surface area contributed by atoms with Crippen molar-refractivity contribution in [3.05, 3.63) is 35.4 Å². The molecular weight excluding hydrogens is 438 g/mol. The van der Waals surface area contributed by atoms with Crippen LogP contribution >= 0.6 is 0 Å². The highest BCUT2D eigenvalue weighted by atomic mass is 32.2. The summed E-state index contributed by atoms with van der Waals surface area (Å²) in [6, 6.07) is 8.64. The first kappa shape index (κ1) is 24.2. The van der Waals surface area contributed by atoms with Crippen molar-refractivity contribution in [2.45, 2.75) is 69.4 Å². The second-order valence-corrected chi connectivity index (χ2v) is 12.5. The van der Waals surface area contributed by atoms with Crippen LogP contribution in [0, 0.1) is 5.92 Å². The monoisotopic (exact) mass is 475 g/mol. The highest BCUT2D eigenvalue weighted by Crippen LogP contribution is 2.43. The fourth-order valence-corrected chi connectivity index (χ4v) is 6.86. The molecule has 2 N–H and O–H groups in total. The van der Waals surface area contributed by atoms with Crippen molar-refractivity contribution < 1.29 is 18.0 Å². The number of piperidine rings is 1. The van der Waals surface area contributed by atoms with Gasteiger partial charge < -0.3 is 10.6 Å². The maximum Gasteiger partial charge on any atom is 0.248 e. The van der Waals surface area contributed by atoms with Gasteiger partial charge in [-0.25, -0.2) is 8.42 Å². The Morgan fingerprint density at radius 3 is 2.36 bits per heavy atom. The van der Waals surface area contributed by atoms with Crippen LogP contribution in [0.5, 0.6) is 0 Å². The van der Waals surface area contributed by atoms with E-state index >= 15 is 0 Å². The van der Waals surface area contributed by atoms with Gasteiger partial charge in [-0.2, -0.15) is 0 Å². The van der Waals surface area contributed by atoms with Gasteiger partial charge in [0.1, 0.15) is 5.75 Å². The summed E-state index contributed by atoms with van der Waals surface area (Å²) >= 11 is 0. The third-order valence-electron chi connectivity index (χ3n) is 7.85. The van der Waals surface area contributed by atoms with E-state index < -0.39 is 21.5 Å². The average molecular weight is 476 g/mol. The topological polar surface area (TPSA) is 101 Å². The van der Waals surface area contributed by atoms with Gasteiger partial charge in [-0.1, -0.05) is 25.0 Å². The van der Waals surface area contributed by atoms with Gasteiger partial charge in [0.15, 0.2) is 9.84 Å². The molecule has 2 heterocycles. The molecule has 182 valence electrons. The summed E-state index contributed by atoms with van der Waals surface area (Å²) < 4.78 is 23.5. The van der Waals surface area contributed by atoms with E-state index in [1.54, 1.807) is 6.07 Å². The number of benzene rings is 1. The summed E-state index contributed by atoms with van der Waals surface area (Å²) in [6.45, 7) is 2.07. The molecule has 0 radical (unpaired) electrons. The molecule has 4 rings (SSSR count). The molecule has 0 aromatic heterocycles. The van der Waals surface area contributed by atoms with Crippen LogP contribution in [-0.4, -0.2) is 73.8 Å². The number of primary amides is 1. The zero-order valence-corrected chi connectivity index (χ0v) is 20.4. The number of hydrogen-bond donors (Lipinski definition) is 1. The molecule has 2 amide bonds. The molecule has 0 spiro atoms. The summed E-state index contributed by atoms with van der Waals surface area (Å²) in [5.41, 5.74) is 7.23. The molecule has 8 heteroatoms. The molecule has 3 fully saturated rings. The van der Waals surface area contributed by atoms with Crippen LogP contribution < -0.4 is 5.73 Å². The first-order valence-electron chi connectivity index (χ1n) is 12.3. The van der Waals surface area contributed by atoms with Crippen molar-refractivity contribution in [3.8, 4) is 0 Å². The van der Waals surface area contributed by atoms with Gasteiger partial charge in [-0.05, 0) is 68.1 Å². The Labute approximate surface area is 197 Å². The van der Waals surface area contributed by atoms with Gasteiger partial charge in [0.25, 0.3) is 0 Å². The van der Waals surface area contributed by atoms with Crippen molar-refractivity contribution in [3.63, 3.8) is 0 Å². The average Bonchev–Trinajstić information content (AvgIpc) is 3.34. The Morgan fingerprint density at radius 1 is 1.09 bits per heavy atom. The van der Waals surface area contributed by atoms with Gasteiger partial charge in [0, 0.05) is 43.5 Å². The van der Waals surface area contributed by atoms with E-state index in [0.29, 0.717) is 42.6 Å². The van der Waals surface area contributed by atoms with Crippen molar-refractivity contribution in [1.82, 2.24) is 9.80 Å². The van der Waals surface area contributed by atoms with Gasteiger partial charge >= 0.3 is 0 Å². The van der Waals surface area contributed by atoms with Gasteiger partial charge in [-0.3, -0.25) is 14.5 Å². The molecule has 1 aromatic carbocycles. The zero-order chi connectivity index (χ0) is 23.6. The minimum atomic E-state index is -3.34. The molecule has 2 bridgehead atoms. The van der Waals surface area contributed by atoms with Crippen LogP contribution in [0.4, 0.5) is 0 Å². The largest absolute Gasteiger partial charge is 0.366 e. The number of nitrogens with zero attached hydrogens (tertiary/aromatic N) is 2. The van der Waals surface area contributed by atoms with Crippen LogP contribution in [0.2, 0.25) is 0 Å². The quantitative estimate of drug-likeness (QED) is 0.592. The number of nitrogens with two attached hydrogens (primary N) is 1. The van der Waals surface area contributed by atoms with E-state index in [1.165, 1.54) is 18.4 Å². The normalized spacial score (nSPS) is 25.9. The van der Waals surface area contributed by atoms with Crippen molar-refractivity contribution in [2.75, 3.05) is 31.6 Å². The van der Waals surface area contributed by atoms with Crippen LogP contribution in [0.1, 0.15) is 73.2 Å². The van der Waals surface area contributed by atoms with Gasteiger partial charge in [0.05, 0.1) is 0 Å². The molecule has 1 aliphatic carbocycles. The molecule has 33 heavy (non-hydrogen) atoms. The van der Waals surface area contributed by atoms with E-state index in [9.17, 15) is 18.0 Å². The number of carbonyl (C=O) groups excluding carboxylic acids is 2. The number of hydrogen-bond acceptors (Lipinski definition) is 5. The Bertz CT molecular complexity index is 960. The maximum atomic E-state index is 12.8. The van der Waals surface area contributed by atoms with Crippen molar-refractivity contribution in [2.24, 2.45) is 11.7 Å². The van der Waals surface area contributed by atoms with Crippen molar-refractivity contribution in [1.29, 1.82) is 0 Å². The molecular formula is C25H37N3O4S. The van der Waals surface area contributed by atoms with Crippen LogP contribution in [-0.2, 0) is 14.6 Å². The second kappa shape index (κ2) is 10.1. The zero-order valence-electron chi connectivity index (χ0n) is 19.6. The highest BCUT2D eigenvalue weighted by Gasteiger charge is 2.41. The highest BCUT2D eigenvalue weighted by molar-refractivity contribution is 7.91. The summed E-state index contributed by atoms with van der Waals surface area (Å²) in [5, 5.41) is 0. The first-order chi connectivity index (χ1) is 15.7. The van der Waals surface area contributed by atoms with Gasteiger partial charge in [0.2, 0.25) is 11.8 Å². The molecule has 2 atom stereocenters. The lowest BCUT2D eigenvalue weighted by atomic mass is 9.84. The van der Waals surface area contributed by atoms with E-state index in [1.807, 2.05) is 17.0 Å². The Balaban J connectivity index is 1.39.